The first-order chi connectivity index (χ1) is 5.65. The second kappa shape index (κ2) is 3.01. The first-order valence-corrected chi connectivity index (χ1v) is 3.24. The number of pyridine rings is 1. The summed E-state index contributed by atoms with van der Waals surface area (Å²) in [6.45, 7) is 1.62. The number of rotatable bonds is 1. The third kappa shape index (κ3) is 1.40. The lowest BCUT2D eigenvalue weighted by Gasteiger charge is -1.94. The first kappa shape index (κ1) is 8.21. The van der Waals surface area contributed by atoms with Gasteiger partial charge in [-0.25, -0.2) is 0 Å². The molecule has 0 fully saturated rings. The van der Waals surface area contributed by atoms with E-state index in [2.05, 4.69) is 10.9 Å². The third-order valence-corrected chi connectivity index (χ3v) is 1.39. The Kier molecular flexibility index (Phi) is 2.06. The van der Waals surface area contributed by atoms with Gasteiger partial charge in [-0.1, -0.05) is 0 Å². The van der Waals surface area contributed by atoms with E-state index in [0.29, 0.717) is 5.56 Å². The van der Waals surface area contributed by atoms with Crippen molar-refractivity contribution in [2.24, 2.45) is 0 Å². The Morgan fingerprint density at radius 3 is 2.83 bits per heavy atom. The Morgan fingerprint density at radius 2 is 2.33 bits per heavy atom. The molecule has 0 spiro atoms. The Balaban J connectivity index is 3.28. The second-order valence-corrected chi connectivity index (χ2v) is 2.24. The Labute approximate surface area is 69.4 Å². The standard InChI is InChI=1S/C8H6N2O2/c1-3-7-5-4-6(2)8(9-7)10(11)12/h1,4-5H,2H3. The largest absolute Gasteiger partial charge is 0.367 e. The zero-order valence-electron chi connectivity index (χ0n) is 6.44. The summed E-state index contributed by atoms with van der Waals surface area (Å²) < 4.78 is 0. The van der Waals surface area contributed by atoms with Crippen molar-refractivity contribution in [3.8, 4) is 12.3 Å². The van der Waals surface area contributed by atoms with Gasteiger partial charge >= 0.3 is 5.82 Å². The van der Waals surface area contributed by atoms with Gasteiger partial charge in [0.2, 0.25) is 5.69 Å². The van der Waals surface area contributed by atoms with Gasteiger partial charge in [-0.15, -0.1) is 6.42 Å². The van der Waals surface area contributed by atoms with E-state index in [4.69, 9.17) is 6.42 Å². The molecule has 1 heterocycles. The summed E-state index contributed by atoms with van der Waals surface area (Å²) in [4.78, 5) is 13.5. The maximum atomic E-state index is 10.4. The maximum absolute atomic E-state index is 10.4. The highest BCUT2D eigenvalue weighted by atomic mass is 16.6. The van der Waals surface area contributed by atoms with E-state index in [0.717, 1.165) is 0 Å². The Bertz CT molecular complexity index is 366. The molecule has 0 atom stereocenters. The molecule has 0 saturated heterocycles. The van der Waals surface area contributed by atoms with Crippen LogP contribution >= 0.6 is 0 Å². The van der Waals surface area contributed by atoms with Crippen molar-refractivity contribution in [1.82, 2.24) is 4.98 Å². The molecule has 0 aliphatic carbocycles. The average Bonchev–Trinajstić information content (AvgIpc) is 2.05. The molecule has 12 heavy (non-hydrogen) atoms. The molecule has 0 bridgehead atoms. The van der Waals surface area contributed by atoms with Crippen molar-refractivity contribution >= 4 is 5.82 Å². The van der Waals surface area contributed by atoms with Gasteiger partial charge in [0.05, 0.1) is 0 Å². The van der Waals surface area contributed by atoms with Crippen molar-refractivity contribution in [2.45, 2.75) is 6.92 Å². The number of hydrogen-bond donors (Lipinski definition) is 0. The number of nitrogens with zero attached hydrogens (tertiary/aromatic N) is 2. The van der Waals surface area contributed by atoms with E-state index < -0.39 is 4.92 Å². The van der Waals surface area contributed by atoms with Crippen LogP contribution in [0.5, 0.6) is 0 Å². The highest BCUT2D eigenvalue weighted by Gasteiger charge is 2.12. The fraction of sp³-hybridized carbons (Fsp3) is 0.125. The predicted octanol–water partition coefficient (Wildman–Crippen LogP) is 1.28. The van der Waals surface area contributed by atoms with Gasteiger partial charge in [0.1, 0.15) is 0 Å². The van der Waals surface area contributed by atoms with Gasteiger partial charge in [-0.05, 0) is 34.9 Å². The van der Waals surface area contributed by atoms with Crippen LogP contribution in [-0.4, -0.2) is 9.91 Å². The van der Waals surface area contributed by atoms with E-state index >= 15 is 0 Å². The fourth-order valence-corrected chi connectivity index (χ4v) is 0.783. The van der Waals surface area contributed by atoms with E-state index in [1.165, 1.54) is 0 Å². The molecule has 0 N–H and O–H groups in total. The smallest absolute Gasteiger partial charge is 0.358 e. The number of nitro groups is 1. The molecule has 1 rings (SSSR count). The molecule has 4 heteroatoms. The van der Waals surface area contributed by atoms with Crippen LogP contribution in [0, 0.1) is 29.4 Å². The molecular weight excluding hydrogens is 156 g/mol. The van der Waals surface area contributed by atoms with Gasteiger partial charge in [0.15, 0.2) is 0 Å². The molecule has 0 aliphatic rings. The highest BCUT2D eigenvalue weighted by Crippen LogP contribution is 2.13. The van der Waals surface area contributed by atoms with E-state index in [-0.39, 0.29) is 11.5 Å². The number of hydrogen-bond acceptors (Lipinski definition) is 3. The van der Waals surface area contributed by atoms with Crippen molar-refractivity contribution in [2.75, 3.05) is 0 Å². The summed E-state index contributed by atoms with van der Waals surface area (Å²) in [6, 6.07) is 3.16. The summed E-state index contributed by atoms with van der Waals surface area (Å²) in [5.74, 6) is 2.06. The molecule has 0 aromatic carbocycles. The summed E-state index contributed by atoms with van der Waals surface area (Å²) >= 11 is 0. The topological polar surface area (TPSA) is 56.0 Å². The van der Waals surface area contributed by atoms with Gasteiger partial charge in [-0.3, -0.25) is 0 Å². The lowest BCUT2D eigenvalue weighted by atomic mass is 10.2. The van der Waals surface area contributed by atoms with E-state index in [1.54, 1.807) is 19.1 Å². The van der Waals surface area contributed by atoms with Crippen molar-refractivity contribution in [3.05, 3.63) is 33.5 Å². The van der Waals surface area contributed by atoms with Crippen molar-refractivity contribution < 1.29 is 4.92 Å². The van der Waals surface area contributed by atoms with Crippen LogP contribution in [0.1, 0.15) is 11.3 Å². The quantitative estimate of drug-likeness (QED) is 0.355. The van der Waals surface area contributed by atoms with Crippen LogP contribution in [0.3, 0.4) is 0 Å². The number of terminal acetylenes is 1. The Morgan fingerprint density at radius 1 is 1.67 bits per heavy atom. The molecule has 1 aromatic heterocycles. The summed E-state index contributed by atoms with van der Waals surface area (Å²) in [7, 11) is 0. The van der Waals surface area contributed by atoms with Crippen LogP contribution < -0.4 is 0 Å². The van der Waals surface area contributed by atoms with Crippen molar-refractivity contribution in [3.63, 3.8) is 0 Å². The average molecular weight is 162 g/mol. The van der Waals surface area contributed by atoms with E-state index in [1.807, 2.05) is 0 Å². The normalized spacial score (nSPS) is 9.00. The lowest BCUT2D eigenvalue weighted by Crippen LogP contribution is -1.96. The molecule has 0 aliphatic heterocycles. The number of aromatic nitrogens is 1. The van der Waals surface area contributed by atoms with Crippen LogP contribution in [0.2, 0.25) is 0 Å². The van der Waals surface area contributed by atoms with Crippen LogP contribution in [0.4, 0.5) is 5.82 Å². The molecule has 0 amide bonds. The van der Waals surface area contributed by atoms with Gasteiger partial charge in [0, 0.05) is 5.56 Å². The first-order valence-electron chi connectivity index (χ1n) is 3.24. The number of aryl methyl sites for hydroxylation is 1. The zero-order valence-corrected chi connectivity index (χ0v) is 6.44. The fourth-order valence-electron chi connectivity index (χ4n) is 0.783. The molecule has 4 nitrogen and oxygen atoms in total. The minimum absolute atomic E-state index is 0.176. The second-order valence-electron chi connectivity index (χ2n) is 2.24. The molecule has 0 radical (unpaired) electrons. The molecule has 1 aromatic rings. The summed E-state index contributed by atoms with van der Waals surface area (Å²) in [5.41, 5.74) is 0.798. The molecular formula is C8H6N2O2. The minimum atomic E-state index is -0.545. The van der Waals surface area contributed by atoms with Crippen LogP contribution in [0.15, 0.2) is 12.1 Å². The Hall–Kier alpha value is -1.89. The van der Waals surface area contributed by atoms with Gasteiger partial charge in [0.25, 0.3) is 0 Å². The van der Waals surface area contributed by atoms with E-state index in [9.17, 15) is 10.1 Å². The summed E-state index contributed by atoms with van der Waals surface area (Å²) in [6.07, 6.45) is 5.03. The van der Waals surface area contributed by atoms with Crippen molar-refractivity contribution in [1.29, 1.82) is 0 Å². The summed E-state index contributed by atoms with van der Waals surface area (Å²) in [5, 5.41) is 10.4. The van der Waals surface area contributed by atoms with Crippen LogP contribution in [0.25, 0.3) is 0 Å². The third-order valence-electron chi connectivity index (χ3n) is 1.39. The molecule has 0 saturated carbocycles. The van der Waals surface area contributed by atoms with Gasteiger partial charge < -0.3 is 10.1 Å². The monoisotopic (exact) mass is 162 g/mol. The molecule has 0 unspecified atom stereocenters. The SMILES string of the molecule is C#Cc1ccc(C)c([N+](=O)[O-])n1. The predicted molar refractivity (Wildman–Crippen MR) is 43.6 cm³/mol. The minimum Gasteiger partial charge on any atom is -0.358 e. The van der Waals surface area contributed by atoms with Crippen LogP contribution in [-0.2, 0) is 0 Å². The van der Waals surface area contributed by atoms with Gasteiger partial charge in [-0.2, -0.15) is 0 Å². The molecule has 60 valence electrons. The maximum Gasteiger partial charge on any atom is 0.367 e. The highest BCUT2D eigenvalue weighted by molar-refractivity contribution is 5.37. The zero-order chi connectivity index (χ0) is 9.14. The lowest BCUT2D eigenvalue weighted by molar-refractivity contribution is -0.390.